The zero-order valence-electron chi connectivity index (χ0n) is 21.9. The summed E-state index contributed by atoms with van der Waals surface area (Å²) in [5, 5.41) is -2.28. The molecule has 0 atom stereocenters. The third-order valence-electron chi connectivity index (χ3n) is 5.79. The molecule has 0 saturated heterocycles. The molecule has 0 aliphatic heterocycles. The minimum Gasteiger partial charge on any atom is -0.282 e. The molecule has 1 N–H and O–H groups in total. The molecule has 0 saturated carbocycles. The van der Waals surface area contributed by atoms with Crippen LogP contribution in [0.15, 0.2) is 45.0 Å². The molecule has 0 aliphatic carbocycles. The highest BCUT2D eigenvalue weighted by Gasteiger charge is 2.76. The molecule has 0 aliphatic rings. The monoisotopic (exact) mass is 796 g/mol. The Bertz CT molecular complexity index is 1860. The summed E-state index contributed by atoms with van der Waals surface area (Å²) in [4.78, 5) is -7.67. The van der Waals surface area contributed by atoms with Gasteiger partial charge in [0, 0.05) is 5.39 Å². The van der Waals surface area contributed by atoms with E-state index in [-0.39, 0.29) is 6.07 Å². The van der Waals surface area contributed by atoms with Crippen LogP contribution < -0.4 is 0 Å². The largest absolute Gasteiger partial charge is 0.380 e. The number of hydrogen-bond acceptors (Lipinski definition) is 8. The van der Waals surface area contributed by atoms with Gasteiger partial charge in [0.1, 0.15) is 27.9 Å². The first-order valence-corrected chi connectivity index (χ1v) is 15.5. The van der Waals surface area contributed by atoms with Gasteiger partial charge in [-0.3, -0.25) is 12.9 Å². The van der Waals surface area contributed by atoms with Crippen molar-refractivity contribution in [2.75, 3.05) is 13.2 Å². The van der Waals surface area contributed by atoms with Crippen LogP contribution in [0.2, 0.25) is 0 Å². The number of halogens is 16. The van der Waals surface area contributed by atoms with Gasteiger partial charge < -0.3 is 0 Å². The maximum Gasteiger partial charge on any atom is 0.380 e. The second-order valence-electron chi connectivity index (χ2n) is 9.07. The van der Waals surface area contributed by atoms with E-state index in [1.807, 2.05) is 0 Å². The van der Waals surface area contributed by atoms with Crippen molar-refractivity contribution in [3.05, 3.63) is 30.3 Å². The van der Waals surface area contributed by atoms with Crippen molar-refractivity contribution in [2.45, 2.75) is 63.1 Å². The fourth-order valence-corrected chi connectivity index (χ4v) is 7.50. The van der Waals surface area contributed by atoms with Gasteiger partial charge in [0.2, 0.25) is 0 Å². The van der Waals surface area contributed by atoms with Crippen LogP contribution in [0, 0.1) is 0 Å². The third kappa shape index (κ3) is 7.13. The van der Waals surface area contributed by atoms with Gasteiger partial charge in [-0.15, -0.1) is 0 Å². The lowest BCUT2D eigenvalue weighted by Gasteiger charge is -2.32. The van der Waals surface area contributed by atoms with E-state index in [9.17, 15) is 100 Å². The summed E-state index contributed by atoms with van der Waals surface area (Å²) in [6, 6.07) is 2.43. The van der Waals surface area contributed by atoms with Crippen molar-refractivity contribution in [3.8, 4) is 0 Å². The van der Waals surface area contributed by atoms with Crippen LogP contribution in [-0.4, -0.2) is 91.4 Å². The lowest BCUT2D eigenvalue weighted by Crippen LogP contribution is -2.59. The molecule has 0 spiro atoms. The first kappa shape index (κ1) is 41.5. The van der Waals surface area contributed by atoms with E-state index in [2.05, 4.69) is 8.37 Å². The second-order valence-corrected chi connectivity index (χ2v) is 13.6. The molecule has 0 aromatic heterocycles. The first-order chi connectivity index (χ1) is 21.1. The van der Waals surface area contributed by atoms with Crippen LogP contribution in [0.3, 0.4) is 0 Å². The molecular weight excluding hydrogens is 784 g/mol. The van der Waals surface area contributed by atoms with Crippen molar-refractivity contribution >= 4 is 41.1 Å². The molecule has 0 heterocycles. The van der Waals surface area contributed by atoms with Gasteiger partial charge >= 0.3 is 48.4 Å². The summed E-state index contributed by atoms with van der Waals surface area (Å²) in [6.07, 6.45) is -11.1. The number of fused-ring (bicyclic) bond motifs is 1. The SMILES string of the molecule is O=S(=O)(O)c1cc2ccccc2c(S(=O)(=O)OCC(F)(F)C(F)(F)C(F)(F)C(F)F)c1S(=O)(=O)OCC(F)(F)C(F)(F)C(F)(F)C(F)F. The lowest BCUT2D eigenvalue weighted by atomic mass is 10.1. The zero-order valence-corrected chi connectivity index (χ0v) is 24.4. The van der Waals surface area contributed by atoms with Crippen LogP contribution in [0.5, 0.6) is 0 Å². The highest BCUT2D eigenvalue weighted by molar-refractivity contribution is 7.91. The Morgan fingerprint density at radius 1 is 0.604 bits per heavy atom. The number of alkyl halides is 16. The van der Waals surface area contributed by atoms with E-state index in [1.54, 1.807) is 0 Å². The zero-order chi connectivity index (χ0) is 37.9. The Balaban J connectivity index is 2.87. The molecule has 2 aromatic rings. The molecule has 0 radical (unpaired) electrons. The smallest absolute Gasteiger partial charge is 0.282 e. The number of benzene rings is 2. The molecule has 0 fully saturated rings. The predicted molar refractivity (Wildman–Crippen MR) is 122 cm³/mol. The lowest BCUT2D eigenvalue weighted by molar-refractivity contribution is -0.342. The van der Waals surface area contributed by atoms with E-state index in [0.717, 1.165) is 6.07 Å². The molecule has 0 unspecified atom stereocenters. The van der Waals surface area contributed by atoms with E-state index in [1.165, 1.54) is 0 Å². The van der Waals surface area contributed by atoms with E-state index in [0.29, 0.717) is 18.2 Å². The number of hydrogen-bond donors (Lipinski definition) is 1. The Morgan fingerprint density at radius 2 is 0.958 bits per heavy atom. The van der Waals surface area contributed by atoms with Gasteiger partial charge in [0.25, 0.3) is 30.4 Å². The molecule has 28 heteroatoms. The van der Waals surface area contributed by atoms with Gasteiger partial charge in [0.15, 0.2) is 0 Å². The van der Waals surface area contributed by atoms with Crippen LogP contribution in [0.4, 0.5) is 70.2 Å². The highest BCUT2D eigenvalue weighted by atomic mass is 32.2. The van der Waals surface area contributed by atoms with Crippen LogP contribution in [0.25, 0.3) is 10.8 Å². The topological polar surface area (TPSA) is 141 Å². The fraction of sp³-hybridized carbons (Fsp3) is 0.500. The van der Waals surface area contributed by atoms with Crippen LogP contribution in [-0.2, 0) is 38.7 Å². The molecule has 48 heavy (non-hydrogen) atoms. The Hall–Kier alpha value is -2.69. The summed E-state index contributed by atoms with van der Waals surface area (Å²) in [6.45, 7) is -7.28. The van der Waals surface area contributed by atoms with Gasteiger partial charge in [0.05, 0.1) is 0 Å². The molecule has 276 valence electrons. The fourth-order valence-electron chi connectivity index (χ4n) is 3.31. The Kier molecular flexibility index (Phi) is 10.9. The molecular formula is C20H12F16O9S3. The number of rotatable bonds is 15. The maximum atomic E-state index is 14.0. The summed E-state index contributed by atoms with van der Waals surface area (Å²) in [7, 11) is -20.0. The second kappa shape index (κ2) is 12.6. The molecule has 0 amide bonds. The maximum absolute atomic E-state index is 14.0. The summed E-state index contributed by atoms with van der Waals surface area (Å²) in [5.41, 5.74) is 0. The van der Waals surface area contributed by atoms with E-state index in [4.69, 9.17) is 0 Å². The minimum atomic E-state index is -7.20. The average molecular weight is 796 g/mol. The molecule has 2 rings (SSSR count). The van der Waals surface area contributed by atoms with Crippen molar-refractivity contribution in [1.29, 1.82) is 0 Å². The van der Waals surface area contributed by atoms with E-state index < -0.39 is 117 Å². The van der Waals surface area contributed by atoms with Crippen molar-refractivity contribution < 1.29 is 108 Å². The van der Waals surface area contributed by atoms with Crippen molar-refractivity contribution in [1.82, 2.24) is 0 Å². The standard InChI is InChI=1S/C20H12F16O9S3/c21-13(22)17(29,30)19(33,34)15(25,26)6-44-47(40,41)11-9-4-2-1-3-8(9)5-10(46(37,38)39)12(11)48(42,43)45-7-16(27,28)20(35,36)18(31,32)14(23)24/h1-5,13-14H,6-7H2,(H,37,38,39). The molecule has 2 aromatic carbocycles. The summed E-state index contributed by atoms with van der Waals surface area (Å²) >= 11 is 0. The predicted octanol–water partition coefficient (Wildman–Crippen LogP) is 5.84. The van der Waals surface area contributed by atoms with Gasteiger partial charge in [-0.1, -0.05) is 24.3 Å². The Labute approximate surface area is 256 Å². The first-order valence-electron chi connectivity index (χ1n) is 11.3. The summed E-state index contributed by atoms with van der Waals surface area (Å²) in [5.74, 6) is -41.6. The van der Waals surface area contributed by atoms with Crippen LogP contribution >= 0.6 is 0 Å². The Morgan fingerprint density at radius 3 is 1.31 bits per heavy atom. The van der Waals surface area contributed by atoms with Gasteiger partial charge in [-0.25, -0.2) is 17.6 Å². The van der Waals surface area contributed by atoms with Gasteiger partial charge in [-0.2, -0.15) is 77.9 Å². The summed E-state index contributed by atoms with van der Waals surface area (Å²) < 4.78 is 305. The van der Waals surface area contributed by atoms with Crippen LogP contribution in [0.1, 0.15) is 0 Å². The normalized spacial score (nSPS) is 15.1. The van der Waals surface area contributed by atoms with Crippen molar-refractivity contribution in [3.63, 3.8) is 0 Å². The third-order valence-corrected chi connectivity index (χ3v) is 9.64. The van der Waals surface area contributed by atoms with Crippen molar-refractivity contribution in [2.24, 2.45) is 0 Å². The highest BCUT2D eigenvalue weighted by Crippen LogP contribution is 2.50. The van der Waals surface area contributed by atoms with Gasteiger partial charge in [-0.05, 0) is 11.5 Å². The molecule has 0 bridgehead atoms. The minimum absolute atomic E-state index is 0.0659. The quantitative estimate of drug-likeness (QED) is 0.134. The van der Waals surface area contributed by atoms with E-state index >= 15 is 0 Å². The average Bonchev–Trinajstić information content (AvgIpc) is 2.93. The molecule has 9 nitrogen and oxygen atoms in total.